The Morgan fingerprint density at radius 2 is 1.76 bits per heavy atom. The van der Waals surface area contributed by atoms with E-state index in [0.717, 1.165) is 6.42 Å². The van der Waals surface area contributed by atoms with Crippen LogP contribution in [0.2, 0.25) is 0 Å². The summed E-state index contributed by atoms with van der Waals surface area (Å²) >= 11 is 0. The van der Waals surface area contributed by atoms with Crippen molar-refractivity contribution in [3.8, 4) is 0 Å². The minimum atomic E-state index is -0.388. The predicted octanol–water partition coefficient (Wildman–Crippen LogP) is 3.62. The molecule has 2 aromatic rings. The number of hydrogen-bond donors (Lipinski definition) is 0. The molecule has 2 heteroatoms. The Morgan fingerprint density at radius 3 is 2.35 bits per heavy atom. The molecule has 0 N–H and O–H groups in total. The highest BCUT2D eigenvalue weighted by Gasteiger charge is 2.09. The Labute approximate surface area is 99.9 Å². The Balaban J connectivity index is 2.30. The van der Waals surface area contributed by atoms with Crippen LogP contribution in [-0.4, -0.2) is 5.78 Å². The SMILES string of the molecule is CCc1ccc(C(=O)c2cccc(F)c2)cc1. The number of hydrogen-bond acceptors (Lipinski definition) is 1. The molecule has 0 amide bonds. The average Bonchev–Trinajstić information content (AvgIpc) is 2.38. The van der Waals surface area contributed by atoms with Gasteiger partial charge < -0.3 is 0 Å². The Hall–Kier alpha value is -1.96. The highest BCUT2D eigenvalue weighted by Crippen LogP contribution is 2.12. The van der Waals surface area contributed by atoms with Gasteiger partial charge in [0.25, 0.3) is 0 Å². The Bertz CT molecular complexity index is 529. The molecule has 0 aliphatic heterocycles. The first kappa shape index (κ1) is 11.5. The predicted molar refractivity (Wildman–Crippen MR) is 65.7 cm³/mol. The van der Waals surface area contributed by atoms with Crippen molar-refractivity contribution in [1.82, 2.24) is 0 Å². The number of benzene rings is 2. The molecule has 0 saturated carbocycles. The zero-order valence-electron chi connectivity index (χ0n) is 9.61. The second-order valence-corrected chi connectivity index (χ2v) is 3.89. The van der Waals surface area contributed by atoms with Crippen molar-refractivity contribution in [2.45, 2.75) is 13.3 Å². The molecular formula is C15H13FO. The molecule has 17 heavy (non-hydrogen) atoms. The second-order valence-electron chi connectivity index (χ2n) is 3.89. The molecule has 1 nitrogen and oxygen atoms in total. The molecule has 0 heterocycles. The first-order valence-electron chi connectivity index (χ1n) is 5.60. The molecule has 0 spiro atoms. The smallest absolute Gasteiger partial charge is 0.193 e. The number of halogens is 1. The molecular weight excluding hydrogens is 215 g/mol. The van der Waals surface area contributed by atoms with Gasteiger partial charge in [-0.05, 0) is 24.1 Å². The summed E-state index contributed by atoms with van der Waals surface area (Å²) in [5.41, 5.74) is 2.16. The van der Waals surface area contributed by atoms with Crippen LogP contribution in [0.3, 0.4) is 0 Å². The van der Waals surface area contributed by atoms with Crippen molar-refractivity contribution in [3.63, 3.8) is 0 Å². The van der Waals surface area contributed by atoms with Gasteiger partial charge in [-0.1, -0.05) is 43.3 Å². The van der Waals surface area contributed by atoms with Crippen molar-refractivity contribution in [1.29, 1.82) is 0 Å². The number of aryl methyl sites for hydroxylation is 1. The monoisotopic (exact) mass is 228 g/mol. The van der Waals surface area contributed by atoms with E-state index in [1.54, 1.807) is 24.3 Å². The van der Waals surface area contributed by atoms with Gasteiger partial charge in [-0.3, -0.25) is 4.79 Å². The normalized spacial score (nSPS) is 10.2. The molecule has 2 rings (SSSR count). The van der Waals surface area contributed by atoms with Crippen molar-refractivity contribution in [3.05, 3.63) is 71.0 Å². The van der Waals surface area contributed by atoms with Gasteiger partial charge in [-0.15, -0.1) is 0 Å². The molecule has 86 valence electrons. The zero-order valence-corrected chi connectivity index (χ0v) is 9.61. The van der Waals surface area contributed by atoms with Gasteiger partial charge in [0.15, 0.2) is 5.78 Å². The number of ketones is 1. The maximum absolute atomic E-state index is 13.0. The van der Waals surface area contributed by atoms with Crippen molar-refractivity contribution in [2.75, 3.05) is 0 Å². The van der Waals surface area contributed by atoms with E-state index in [2.05, 4.69) is 6.92 Å². The van der Waals surface area contributed by atoms with Crippen LogP contribution in [-0.2, 0) is 6.42 Å². The molecule has 2 aromatic carbocycles. The quantitative estimate of drug-likeness (QED) is 0.733. The lowest BCUT2D eigenvalue weighted by Crippen LogP contribution is -2.01. The van der Waals surface area contributed by atoms with E-state index in [1.807, 2.05) is 12.1 Å². The Kier molecular flexibility index (Phi) is 3.33. The highest BCUT2D eigenvalue weighted by molar-refractivity contribution is 6.08. The molecule has 0 radical (unpaired) electrons. The van der Waals surface area contributed by atoms with E-state index < -0.39 is 0 Å². The third kappa shape index (κ3) is 2.59. The lowest BCUT2D eigenvalue weighted by Gasteiger charge is -2.02. The minimum Gasteiger partial charge on any atom is -0.289 e. The van der Waals surface area contributed by atoms with Crippen LogP contribution < -0.4 is 0 Å². The highest BCUT2D eigenvalue weighted by atomic mass is 19.1. The van der Waals surface area contributed by atoms with Crippen LogP contribution in [0.1, 0.15) is 28.4 Å². The van der Waals surface area contributed by atoms with Gasteiger partial charge in [0.2, 0.25) is 0 Å². The zero-order chi connectivity index (χ0) is 12.3. The van der Waals surface area contributed by atoms with Gasteiger partial charge in [-0.2, -0.15) is 0 Å². The molecule has 0 aliphatic rings. The summed E-state index contributed by atoms with van der Waals surface area (Å²) in [7, 11) is 0. The second kappa shape index (κ2) is 4.91. The summed E-state index contributed by atoms with van der Waals surface area (Å²) in [5.74, 6) is -0.534. The summed E-state index contributed by atoms with van der Waals surface area (Å²) in [5, 5.41) is 0. The number of carbonyl (C=O) groups excluding carboxylic acids is 1. The number of rotatable bonds is 3. The van der Waals surface area contributed by atoms with Crippen LogP contribution in [0.25, 0.3) is 0 Å². The van der Waals surface area contributed by atoms with Crippen molar-refractivity contribution >= 4 is 5.78 Å². The van der Waals surface area contributed by atoms with Gasteiger partial charge in [0.1, 0.15) is 5.82 Å². The fourth-order valence-electron chi connectivity index (χ4n) is 1.69. The Morgan fingerprint density at radius 1 is 1.06 bits per heavy atom. The summed E-state index contributed by atoms with van der Waals surface area (Å²) < 4.78 is 13.0. The van der Waals surface area contributed by atoms with E-state index in [9.17, 15) is 9.18 Å². The van der Waals surface area contributed by atoms with Crippen molar-refractivity contribution < 1.29 is 9.18 Å². The molecule has 0 fully saturated rings. The van der Waals surface area contributed by atoms with Gasteiger partial charge in [-0.25, -0.2) is 4.39 Å². The number of carbonyl (C=O) groups is 1. The van der Waals surface area contributed by atoms with E-state index in [1.165, 1.54) is 17.7 Å². The van der Waals surface area contributed by atoms with Crippen LogP contribution in [0.4, 0.5) is 4.39 Å². The summed E-state index contributed by atoms with van der Waals surface area (Å²) in [6, 6.07) is 13.2. The lowest BCUT2D eigenvalue weighted by molar-refractivity contribution is 0.103. The van der Waals surface area contributed by atoms with Gasteiger partial charge >= 0.3 is 0 Å². The van der Waals surface area contributed by atoms with Crippen LogP contribution in [0.5, 0.6) is 0 Å². The first-order chi connectivity index (χ1) is 8.20. The molecule has 0 bridgehead atoms. The summed E-state index contributed by atoms with van der Waals surface area (Å²) in [6.45, 7) is 2.06. The summed E-state index contributed by atoms with van der Waals surface area (Å²) in [6.07, 6.45) is 0.939. The molecule has 0 atom stereocenters. The lowest BCUT2D eigenvalue weighted by atomic mass is 10.0. The average molecular weight is 228 g/mol. The van der Waals surface area contributed by atoms with Gasteiger partial charge in [0.05, 0.1) is 0 Å². The first-order valence-corrected chi connectivity index (χ1v) is 5.60. The maximum atomic E-state index is 13.0. The molecule has 0 aromatic heterocycles. The standard InChI is InChI=1S/C15H13FO/c1-2-11-6-8-12(9-7-11)15(17)13-4-3-5-14(16)10-13/h3-10H,2H2,1H3. The van der Waals surface area contributed by atoms with Crippen LogP contribution in [0.15, 0.2) is 48.5 Å². The fraction of sp³-hybridized carbons (Fsp3) is 0.133. The van der Waals surface area contributed by atoms with Gasteiger partial charge in [0, 0.05) is 11.1 Å². The van der Waals surface area contributed by atoms with Crippen molar-refractivity contribution in [2.24, 2.45) is 0 Å². The van der Waals surface area contributed by atoms with E-state index in [4.69, 9.17) is 0 Å². The molecule has 0 saturated heterocycles. The molecule has 0 aliphatic carbocycles. The fourth-order valence-corrected chi connectivity index (χ4v) is 1.69. The van der Waals surface area contributed by atoms with E-state index in [-0.39, 0.29) is 11.6 Å². The topological polar surface area (TPSA) is 17.1 Å². The third-order valence-electron chi connectivity index (χ3n) is 2.71. The minimum absolute atomic E-state index is 0.146. The van der Waals surface area contributed by atoms with E-state index >= 15 is 0 Å². The van der Waals surface area contributed by atoms with Crippen LogP contribution in [0, 0.1) is 5.82 Å². The summed E-state index contributed by atoms with van der Waals surface area (Å²) in [4.78, 5) is 12.0. The molecule has 0 unspecified atom stereocenters. The maximum Gasteiger partial charge on any atom is 0.193 e. The largest absolute Gasteiger partial charge is 0.289 e. The van der Waals surface area contributed by atoms with E-state index in [0.29, 0.717) is 11.1 Å². The third-order valence-corrected chi connectivity index (χ3v) is 2.71. The van der Waals surface area contributed by atoms with Crippen LogP contribution >= 0.6 is 0 Å².